The fraction of sp³-hybridized carbons (Fsp3) is 0.529. The third kappa shape index (κ3) is 4.50. The van der Waals surface area contributed by atoms with Gasteiger partial charge in [0.05, 0.1) is 19.2 Å². The van der Waals surface area contributed by atoms with Gasteiger partial charge in [-0.25, -0.2) is 4.79 Å². The summed E-state index contributed by atoms with van der Waals surface area (Å²) in [5, 5.41) is 3.25. The van der Waals surface area contributed by atoms with Gasteiger partial charge in [-0.05, 0) is 13.3 Å². The zero-order valence-corrected chi connectivity index (χ0v) is 15.6. The number of carbonyl (C=O) groups is 2. The van der Waals surface area contributed by atoms with E-state index in [1.165, 1.54) is 31.9 Å². The van der Waals surface area contributed by atoms with Gasteiger partial charge in [-0.15, -0.1) is 11.8 Å². The van der Waals surface area contributed by atoms with E-state index in [2.05, 4.69) is 10.3 Å². The van der Waals surface area contributed by atoms with Crippen LogP contribution in [0.1, 0.15) is 45.4 Å². The van der Waals surface area contributed by atoms with Crippen molar-refractivity contribution in [1.29, 1.82) is 0 Å². The predicted octanol–water partition coefficient (Wildman–Crippen LogP) is 2.10. The van der Waals surface area contributed by atoms with Crippen molar-refractivity contribution in [3.05, 3.63) is 28.3 Å². The van der Waals surface area contributed by atoms with E-state index in [0.717, 1.165) is 6.42 Å². The van der Waals surface area contributed by atoms with Crippen LogP contribution in [0, 0.1) is 0 Å². The fourth-order valence-corrected chi connectivity index (χ4v) is 3.53. The van der Waals surface area contributed by atoms with E-state index in [9.17, 15) is 14.4 Å². The fourth-order valence-electron chi connectivity index (χ4n) is 2.44. The summed E-state index contributed by atoms with van der Waals surface area (Å²) >= 11 is 1.28. The molecular weight excluding hydrogens is 344 g/mol. The molecule has 0 aromatic carbocycles. The molecule has 2 atom stereocenters. The molecule has 0 aliphatic carbocycles. The first-order valence-corrected chi connectivity index (χ1v) is 9.01. The molecule has 0 radical (unpaired) electrons. The highest BCUT2D eigenvalue weighted by molar-refractivity contribution is 8.16. The van der Waals surface area contributed by atoms with Crippen LogP contribution in [-0.4, -0.2) is 35.1 Å². The van der Waals surface area contributed by atoms with Gasteiger partial charge in [0.15, 0.2) is 5.78 Å². The quantitative estimate of drug-likeness (QED) is 0.793. The zero-order chi connectivity index (χ0) is 18.6. The highest BCUT2D eigenvalue weighted by atomic mass is 32.2. The molecule has 1 N–H and O–H groups in total. The summed E-state index contributed by atoms with van der Waals surface area (Å²) in [6.07, 6.45) is 1.37. The van der Waals surface area contributed by atoms with Gasteiger partial charge < -0.3 is 14.5 Å². The van der Waals surface area contributed by atoms with Crippen LogP contribution in [0.25, 0.3) is 0 Å². The second-order valence-corrected chi connectivity index (χ2v) is 7.03. The van der Waals surface area contributed by atoms with Crippen LogP contribution in [0.2, 0.25) is 0 Å². The minimum atomic E-state index is -1.02. The largest absolute Gasteiger partial charge is 0.496 e. The van der Waals surface area contributed by atoms with Gasteiger partial charge in [0.1, 0.15) is 22.1 Å². The van der Waals surface area contributed by atoms with Gasteiger partial charge in [0.2, 0.25) is 5.91 Å². The SMILES string of the molecule is CCC[C@@H](NC(=O)[C@@]1(C)CSC(C(C)=O)=N1)c1cc(OC)cc(=O)o1. The van der Waals surface area contributed by atoms with Crippen LogP contribution < -0.4 is 15.7 Å². The molecule has 0 saturated heterocycles. The molecule has 0 unspecified atom stereocenters. The molecule has 2 heterocycles. The molecular formula is C17H22N2O5S. The van der Waals surface area contributed by atoms with Gasteiger partial charge in [-0.2, -0.15) is 0 Å². The molecule has 1 aliphatic rings. The van der Waals surface area contributed by atoms with E-state index in [-0.39, 0.29) is 11.7 Å². The maximum atomic E-state index is 12.7. The average Bonchev–Trinajstić information content (AvgIpc) is 2.98. The van der Waals surface area contributed by atoms with Crippen molar-refractivity contribution in [2.75, 3.05) is 12.9 Å². The summed E-state index contributed by atoms with van der Waals surface area (Å²) in [4.78, 5) is 40.2. The summed E-state index contributed by atoms with van der Waals surface area (Å²) < 4.78 is 10.3. The Kier molecular flexibility index (Phi) is 6.05. The molecule has 25 heavy (non-hydrogen) atoms. The van der Waals surface area contributed by atoms with Crippen LogP contribution in [0.5, 0.6) is 5.75 Å². The Labute approximate surface area is 150 Å². The van der Waals surface area contributed by atoms with Crippen molar-refractivity contribution in [3.63, 3.8) is 0 Å². The van der Waals surface area contributed by atoms with Gasteiger partial charge in [0, 0.05) is 18.7 Å². The molecule has 7 nitrogen and oxygen atoms in total. The van der Waals surface area contributed by atoms with Gasteiger partial charge in [-0.1, -0.05) is 13.3 Å². The first kappa shape index (κ1) is 19.2. The highest BCUT2D eigenvalue weighted by Crippen LogP contribution is 2.30. The number of ether oxygens (including phenoxy) is 1. The third-order valence-corrected chi connectivity index (χ3v) is 5.21. The summed E-state index contributed by atoms with van der Waals surface area (Å²) in [5.74, 6) is 0.658. The van der Waals surface area contributed by atoms with E-state index >= 15 is 0 Å². The van der Waals surface area contributed by atoms with E-state index in [4.69, 9.17) is 9.15 Å². The summed E-state index contributed by atoms with van der Waals surface area (Å²) in [6.45, 7) is 5.09. The Morgan fingerprint density at radius 1 is 1.48 bits per heavy atom. The van der Waals surface area contributed by atoms with E-state index in [0.29, 0.717) is 28.7 Å². The lowest BCUT2D eigenvalue weighted by molar-refractivity contribution is -0.125. The van der Waals surface area contributed by atoms with Crippen molar-refractivity contribution < 1.29 is 18.7 Å². The second kappa shape index (κ2) is 7.86. The molecule has 0 bridgehead atoms. The molecule has 2 rings (SSSR count). The summed E-state index contributed by atoms with van der Waals surface area (Å²) in [5.41, 5.74) is -1.55. The molecule has 136 valence electrons. The Morgan fingerprint density at radius 3 is 2.76 bits per heavy atom. The normalized spacial score (nSPS) is 20.7. The maximum absolute atomic E-state index is 12.7. The van der Waals surface area contributed by atoms with E-state index in [1.807, 2.05) is 6.92 Å². The number of hydrogen-bond acceptors (Lipinski definition) is 7. The predicted molar refractivity (Wildman–Crippen MR) is 96.3 cm³/mol. The van der Waals surface area contributed by atoms with Crippen molar-refractivity contribution in [3.8, 4) is 5.75 Å². The van der Waals surface area contributed by atoms with Crippen LogP contribution in [0.15, 0.2) is 26.3 Å². The monoisotopic (exact) mass is 366 g/mol. The highest BCUT2D eigenvalue weighted by Gasteiger charge is 2.40. The van der Waals surface area contributed by atoms with Crippen molar-refractivity contribution in [2.45, 2.75) is 45.2 Å². The number of ketones is 1. The van der Waals surface area contributed by atoms with Crippen LogP contribution in [0.4, 0.5) is 0 Å². The van der Waals surface area contributed by atoms with E-state index in [1.54, 1.807) is 13.0 Å². The molecule has 1 aromatic rings. The van der Waals surface area contributed by atoms with Crippen molar-refractivity contribution >= 4 is 28.5 Å². The average molecular weight is 366 g/mol. The Hall–Kier alpha value is -2.09. The number of thioether (sulfide) groups is 1. The number of methoxy groups -OCH3 is 1. The molecule has 0 saturated carbocycles. The van der Waals surface area contributed by atoms with Crippen molar-refractivity contribution in [1.82, 2.24) is 5.32 Å². The van der Waals surface area contributed by atoms with Crippen LogP contribution in [0.3, 0.4) is 0 Å². The summed E-state index contributed by atoms with van der Waals surface area (Å²) in [7, 11) is 1.46. The smallest absolute Gasteiger partial charge is 0.339 e. The Balaban J connectivity index is 2.25. The molecule has 1 amide bonds. The molecule has 1 aromatic heterocycles. The minimum absolute atomic E-state index is 0.148. The standard InChI is InChI=1S/C17H22N2O5S/c1-5-6-12(13-7-11(23-4)8-14(21)24-13)18-16(22)17(3)9-25-15(19-17)10(2)20/h7-8,12H,5-6,9H2,1-4H3,(H,18,22)/t12-,17-/m1/s1. The number of amides is 1. The Bertz CT molecular complexity index is 758. The van der Waals surface area contributed by atoms with Gasteiger partial charge in [-0.3, -0.25) is 14.6 Å². The number of carbonyl (C=O) groups excluding carboxylic acids is 2. The van der Waals surface area contributed by atoms with Gasteiger partial charge in [0.25, 0.3) is 0 Å². The van der Waals surface area contributed by atoms with Gasteiger partial charge >= 0.3 is 5.63 Å². The molecule has 8 heteroatoms. The molecule has 1 aliphatic heterocycles. The number of nitrogens with one attached hydrogen (secondary N) is 1. The number of Topliss-reactive ketones (excluding diaryl/α,β-unsaturated/α-hetero) is 1. The zero-order valence-electron chi connectivity index (χ0n) is 14.8. The second-order valence-electron chi connectivity index (χ2n) is 6.07. The lowest BCUT2D eigenvalue weighted by Crippen LogP contribution is -2.45. The third-order valence-electron chi connectivity index (χ3n) is 3.85. The van der Waals surface area contributed by atoms with E-state index < -0.39 is 17.2 Å². The number of aliphatic imine (C=N–C) groups is 1. The summed E-state index contributed by atoms with van der Waals surface area (Å²) in [6, 6.07) is 2.36. The number of rotatable bonds is 7. The first-order valence-electron chi connectivity index (χ1n) is 8.02. The number of hydrogen-bond donors (Lipinski definition) is 1. The van der Waals surface area contributed by atoms with Crippen LogP contribution >= 0.6 is 11.8 Å². The lowest BCUT2D eigenvalue weighted by atomic mass is 10.0. The first-order chi connectivity index (χ1) is 11.8. The molecule has 0 spiro atoms. The Morgan fingerprint density at radius 2 is 2.20 bits per heavy atom. The topological polar surface area (TPSA) is 98.0 Å². The number of nitrogens with zero attached hydrogens (tertiary/aromatic N) is 1. The maximum Gasteiger partial charge on any atom is 0.339 e. The molecule has 0 fully saturated rings. The van der Waals surface area contributed by atoms with Crippen molar-refractivity contribution in [2.24, 2.45) is 4.99 Å². The minimum Gasteiger partial charge on any atom is -0.496 e. The lowest BCUT2D eigenvalue weighted by Gasteiger charge is -2.24. The van der Waals surface area contributed by atoms with Crippen LogP contribution in [-0.2, 0) is 9.59 Å².